The van der Waals surface area contributed by atoms with Crippen LogP contribution in [0.1, 0.15) is 6.42 Å². The van der Waals surface area contributed by atoms with Crippen LogP contribution < -0.4 is 10.1 Å². The summed E-state index contributed by atoms with van der Waals surface area (Å²) in [5.74, 6) is 1.13. The maximum absolute atomic E-state index is 10.9. The van der Waals surface area contributed by atoms with Crippen molar-refractivity contribution in [2.24, 2.45) is 0 Å². The zero-order valence-electron chi connectivity index (χ0n) is 10.3. The van der Waals surface area contributed by atoms with Crippen molar-refractivity contribution in [3.63, 3.8) is 0 Å². The largest absolute Gasteiger partial charge is 0.497 e. The number of nitro groups is 1. The number of nitro benzene ring substituents is 1. The van der Waals surface area contributed by atoms with E-state index in [-0.39, 0.29) is 5.69 Å². The molecule has 0 aromatic heterocycles. The first-order valence-corrected chi connectivity index (χ1v) is 7.13. The van der Waals surface area contributed by atoms with Crippen LogP contribution in [0.2, 0.25) is 0 Å². The maximum atomic E-state index is 10.9. The molecule has 18 heavy (non-hydrogen) atoms. The van der Waals surface area contributed by atoms with Crippen molar-refractivity contribution in [3.05, 3.63) is 28.3 Å². The highest BCUT2D eigenvalue weighted by atomic mass is 32.2. The number of anilines is 1. The van der Waals surface area contributed by atoms with Crippen molar-refractivity contribution in [2.45, 2.75) is 6.42 Å². The minimum atomic E-state index is -0.842. The molecule has 0 aliphatic rings. The second kappa shape index (κ2) is 6.95. The number of nitrogens with zero attached hydrogens (tertiary/aromatic N) is 1. The van der Waals surface area contributed by atoms with E-state index in [9.17, 15) is 14.3 Å². The number of nitrogens with one attached hydrogen (secondary N) is 1. The van der Waals surface area contributed by atoms with Crippen LogP contribution in [0.25, 0.3) is 0 Å². The molecule has 1 rings (SSSR count). The fourth-order valence-electron chi connectivity index (χ4n) is 1.44. The van der Waals surface area contributed by atoms with Gasteiger partial charge in [0.2, 0.25) is 0 Å². The predicted octanol–water partition coefficient (Wildman–Crippen LogP) is 1.78. The van der Waals surface area contributed by atoms with Crippen LogP contribution in [0.3, 0.4) is 0 Å². The molecule has 0 aliphatic heterocycles. The van der Waals surface area contributed by atoms with Crippen LogP contribution >= 0.6 is 0 Å². The quantitative estimate of drug-likeness (QED) is 0.465. The second-order valence-electron chi connectivity index (χ2n) is 3.70. The number of hydrogen-bond acceptors (Lipinski definition) is 5. The molecule has 0 amide bonds. The minimum Gasteiger partial charge on any atom is -0.497 e. The number of rotatable bonds is 7. The Balaban J connectivity index is 2.71. The van der Waals surface area contributed by atoms with E-state index >= 15 is 0 Å². The molecule has 6 nitrogen and oxygen atoms in total. The van der Waals surface area contributed by atoms with Gasteiger partial charge in [0.25, 0.3) is 5.69 Å². The van der Waals surface area contributed by atoms with Crippen molar-refractivity contribution >= 4 is 22.2 Å². The van der Waals surface area contributed by atoms with Crippen LogP contribution in [-0.4, -0.2) is 34.8 Å². The van der Waals surface area contributed by atoms with E-state index in [1.165, 1.54) is 13.2 Å². The van der Waals surface area contributed by atoms with E-state index < -0.39 is 15.7 Å². The van der Waals surface area contributed by atoms with Crippen molar-refractivity contribution in [1.82, 2.24) is 0 Å². The fraction of sp³-hybridized carbons (Fsp3) is 0.455. The van der Waals surface area contributed by atoms with Gasteiger partial charge in [-0.15, -0.1) is 0 Å². The van der Waals surface area contributed by atoms with Crippen LogP contribution in [0.4, 0.5) is 11.4 Å². The smallest absolute Gasteiger partial charge is 0.292 e. The lowest BCUT2D eigenvalue weighted by molar-refractivity contribution is -0.384. The predicted molar refractivity (Wildman–Crippen MR) is 71.7 cm³/mol. The first-order chi connectivity index (χ1) is 8.54. The van der Waals surface area contributed by atoms with Crippen molar-refractivity contribution in [3.8, 4) is 5.75 Å². The topological polar surface area (TPSA) is 81.5 Å². The van der Waals surface area contributed by atoms with E-state index in [2.05, 4.69) is 5.32 Å². The third-order valence-electron chi connectivity index (χ3n) is 2.32. The summed E-state index contributed by atoms with van der Waals surface area (Å²) in [6, 6.07) is 4.53. The molecule has 0 bridgehead atoms. The lowest BCUT2D eigenvalue weighted by Crippen LogP contribution is -2.07. The maximum Gasteiger partial charge on any atom is 0.292 e. The highest BCUT2D eigenvalue weighted by Crippen LogP contribution is 2.28. The molecular formula is C11H16N2O4S. The normalized spacial score (nSPS) is 11.9. The lowest BCUT2D eigenvalue weighted by atomic mass is 10.2. The average molecular weight is 272 g/mol. The highest BCUT2D eigenvalue weighted by molar-refractivity contribution is 7.84. The molecular weight excluding hydrogens is 256 g/mol. The Kier molecular flexibility index (Phi) is 5.57. The van der Waals surface area contributed by atoms with Gasteiger partial charge in [-0.1, -0.05) is 0 Å². The van der Waals surface area contributed by atoms with Crippen LogP contribution in [-0.2, 0) is 10.8 Å². The molecule has 0 fully saturated rings. The molecule has 1 atom stereocenters. The van der Waals surface area contributed by atoms with E-state index in [4.69, 9.17) is 4.74 Å². The molecule has 0 saturated carbocycles. The monoisotopic (exact) mass is 272 g/mol. The summed E-state index contributed by atoms with van der Waals surface area (Å²) >= 11 is 0. The number of hydrogen-bond donors (Lipinski definition) is 1. The molecule has 7 heteroatoms. The van der Waals surface area contributed by atoms with Crippen molar-refractivity contribution in [1.29, 1.82) is 0 Å². The molecule has 100 valence electrons. The van der Waals surface area contributed by atoms with Gasteiger partial charge >= 0.3 is 0 Å². The summed E-state index contributed by atoms with van der Waals surface area (Å²) < 4.78 is 15.9. The van der Waals surface area contributed by atoms with Crippen LogP contribution in [0.5, 0.6) is 5.75 Å². The van der Waals surface area contributed by atoms with Gasteiger partial charge in [-0.3, -0.25) is 14.3 Å². The van der Waals surface area contributed by atoms with Gasteiger partial charge in [-0.05, 0) is 12.5 Å². The van der Waals surface area contributed by atoms with Gasteiger partial charge < -0.3 is 10.1 Å². The number of benzene rings is 1. The molecule has 0 heterocycles. The lowest BCUT2D eigenvalue weighted by Gasteiger charge is -2.08. The first kappa shape index (κ1) is 14.4. The molecule has 1 N–H and O–H groups in total. The molecule has 1 aromatic rings. The summed E-state index contributed by atoms with van der Waals surface area (Å²) in [6.07, 6.45) is 2.32. The number of ether oxygens (including phenoxy) is 1. The van der Waals surface area contributed by atoms with E-state index in [1.54, 1.807) is 18.4 Å². The van der Waals surface area contributed by atoms with E-state index in [1.807, 2.05) is 0 Å². The Morgan fingerprint density at radius 1 is 1.50 bits per heavy atom. The molecule has 0 spiro atoms. The zero-order valence-corrected chi connectivity index (χ0v) is 11.2. The Morgan fingerprint density at radius 3 is 2.78 bits per heavy atom. The summed E-state index contributed by atoms with van der Waals surface area (Å²) in [4.78, 5) is 10.4. The van der Waals surface area contributed by atoms with E-state index in [0.29, 0.717) is 30.2 Å². The first-order valence-electron chi connectivity index (χ1n) is 5.41. The summed E-state index contributed by atoms with van der Waals surface area (Å²) in [5, 5.41) is 13.8. The van der Waals surface area contributed by atoms with E-state index in [0.717, 1.165) is 0 Å². The van der Waals surface area contributed by atoms with Gasteiger partial charge in [0.1, 0.15) is 11.4 Å². The summed E-state index contributed by atoms with van der Waals surface area (Å²) in [5.41, 5.74) is 0.426. The number of methoxy groups -OCH3 is 1. The van der Waals surface area contributed by atoms with Crippen molar-refractivity contribution < 1.29 is 13.9 Å². The summed E-state index contributed by atoms with van der Waals surface area (Å²) in [6.45, 7) is 0.535. The molecule has 0 saturated heterocycles. The Labute approximate surface area is 108 Å². The molecule has 0 aliphatic carbocycles. The average Bonchev–Trinajstić information content (AvgIpc) is 2.33. The van der Waals surface area contributed by atoms with Gasteiger partial charge in [-0.25, -0.2) is 0 Å². The second-order valence-corrected chi connectivity index (χ2v) is 5.25. The molecule has 1 aromatic carbocycles. The minimum absolute atomic E-state index is 0.00780. The third kappa shape index (κ3) is 4.33. The highest BCUT2D eigenvalue weighted by Gasteiger charge is 2.13. The van der Waals surface area contributed by atoms with Gasteiger partial charge in [-0.2, -0.15) is 0 Å². The van der Waals surface area contributed by atoms with Gasteiger partial charge in [0, 0.05) is 41.5 Å². The Hall–Kier alpha value is -1.63. The van der Waals surface area contributed by atoms with Crippen LogP contribution in [0.15, 0.2) is 18.2 Å². The SMILES string of the molecule is COc1ccc([N+](=O)[O-])c(NCCCS(C)=O)c1. The van der Waals surface area contributed by atoms with Gasteiger partial charge in [0.05, 0.1) is 12.0 Å². The Bertz CT molecular complexity index is 451. The third-order valence-corrected chi connectivity index (χ3v) is 3.19. The standard InChI is InChI=1S/C11H16N2O4S/c1-17-9-4-5-11(13(14)15)10(8-9)12-6-3-7-18(2)16/h4-5,8,12H,3,6-7H2,1-2H3. The molecule has 1 unspecified atom stereocenters. The fourth-order valence-corrected chi connectivity index (χ4v) is 1.99. The van der Waals surface area contributed by atoms with Gasteiger partial charge in [0.15, 0.2) is 0 Å². The molecule has 0 radical (unpaired) electrons. The Morgan fingerprint density at radius 2 is 2.22 bits per heavy atom. The summed E-state index contributed by atoms with van der Waals surface area (Å²) in [7, 11) is 0.663. The van der Waals surface area contributed by atoms with Crippen molar-refractivity contribution in [2.75, 3.05) is 31.0 Å². The van der Waals surface area contributed by atoms with Crippen LogP contribution in [0, 0.1) is 10.1 Å². The zero-order chi connectivity index (χ0) is 13.5.